The van der Waals surface area contributed by atoms with Crippen LogP contribution in [0.25, 0.3) is 11.3 Å². The molecule has 0 atom stereocenters. The second-order valence-corrected chi connectivity index (χ2v) is 5.04. The summed E-state index contributed by atoms with van der Waals surface area (Å²) < 4.78 is 0. The maximum atomic E-state index is 5.85. The number of rotatable bonds is 1. The van der Waals surface area contributed by atoms with Gasteiger partial charge in [-0.2, -0.15) is 4.98 Å². The second kappa shape index (κ2) is 4.53. The zero-order valence-corrected chi connectivity index (χ0v) is 11.3. The van der Waals surface area contributed by atoms with Crippen molar-refractivity contribution in [3.8, 4) is 11.3 Å². The minimum absolute atomic E-state index is 0.337. The van der Waals surface area contributed by atoms with Crippen molar-refractivity contribution in [1.82, 2.24) is 9.97 Å². The molecule has 1 aliphatic rings. The first-order valence-corrected chi connectivity index (χ1v) is 6.63. The first-order valence-electron chi connectivity index (χ1n) is 6.63. The molecule has 0 saturated carbocycles. The smallest absolute Gasteiger partial charge is 0.222 e. The predicted molar refractivity (Wildman–Crippen MR) is 78.2 cm³/mol. The topological polar surface area (TPSA) is 63.8 Å². The number of hydrogen-bond acceptors (Lipinski definition) is 4. The molecule has 1 aromatic carbocycles. The summed E-state index contributed by atoms with van der Waals surface area (Å²) in [5, 5.41) is 3.32. The molecule has 4 nitrogen and oxygen atoms in total. The molecule has 0 fully saturated rings. The molecule has 4 heteroatoms. The van der Waals surface area contributed by atoms with E-state index in [0.29, 0.717) is 5.95 Å². The first-order chi connectivity index (χ1) is 9.16. The monoisotopic (exact) mass is 254 g/mol. The van der Waals surface area contributed by atoms with Crippen molar-refractivity contribution >= 4 is 11.8 Å². The lowest BCUT2D eigenvalue weighted by molar-refractivity contribution is 0.813. The van der Waals surface area contributed by atoms with Gasteiger partial charge in [0.25, 0.3) is 0 Å². The SMILES string of the molecule is Cc1cccc(-c2nc(N)nc3c2CCCN3)c1C. The highest BCUT2D eigenvalue weighted by atomic mass is 15.1. The molecule has 1 aliphatic heterocycles. The summed E-state index contributed by atoms with van der Waals surface area (Å²) in [6.07, 6.45) is 2.11. The van der Waals surface area contributed by atoms with Crippen LogP contribution in [0.4, 0.5) is 11.8 Å². The number of aromatic nitrogens is 2. The Morgan fingerprint density at radius 3 is 2.89 bits per heavy atom. The Hall–Kier alpha value is -2.10. The number of anilines is 2. The molecule has 0 amide bonds. The van der Waals surface area contributed by atoms with Crippen LogP contribution in [0.15, 0.2) is 18.2 Å². The lowest BCUT2D eigenvalue weighted by Gasteiger charge is -2.21. The Bertz CT molecular complexity index is 634. The molecule has 2 aromatic rings. The molecule has 0 saturated heterocycles. The van der Waals surface area contributed by atoms with Gasteiger partial charge in [-0.3, -0.25) is 0 Å². The maximum absolute atomic E-state index is 5.85. The van der Waals surface area contributed by atoms with Crippen LogP contribution in [-0.4, -0.2) is 16.5 Å². The lowest BCUT2D eigenvalue weighted by atomic mass is 9.95. The molecular weight excluding hydrogens is 236 g/mol. The van der Waals surface area contributed by atoms with E-state index in [1.165, 1.54) is 16.7 Å². The van der Waals surface area contributed by atoms with Gasteiger partial charge < -0.3 is 11.1 Å². The Balaban J connectivity index is 2.24. The van der Waals surface area contributed by atoms with E-state index in [2.05, 4.69) is 47.3 Å². The van der Waals surface area contributed by atoms with Crippen molar-refractivity contribution in [2.24, 2.45) is 0 Å². The predicted octanol–water partition coefficient (Wildman–Crippen LogP) is 2.70. The van der Waals surface area contributed by atoms with Gasteiger partial charge in [-0.1, -0.05) is 18.2 Å². The third-order valence-corrected chi connectivity index (χ3v) is 3.78. The van der Waals surface area contributed by atoms with E-state index in [1.807, 2.05) is 0 Å². The number of nitrogens with zero attached hydrogens (tertiary/aromatic N) is 2. The molecule has 3 N–H and O–H groups in total. The molecule has 1 aromatic heterocycles. The third kappa shape index (κ3) is 2.03. The fourth-order valence-corrected chi connectivity index (χ4v) is 2.59. The van der Waals surface area contributed by atoms with Crippen LogP contribution in [0.2, 0.25) is 0 Å². The molecule has 0 radical (unpaired) electrons. The van der Waals surface area contributed by atoms with Crippen molar-refractivity contribution < 1.29 is 0 Å². The molecule has 0 unspecified atom stereocenters. The standard InChI is InChI=1S/C15H18N4/c1-9-5-3-6-11(10(9)2)13-12-7-4-8-17-14(12)19-15(16)18-13/h3,5-6H,4,7-8H2,1-2H3,(H3,16,17,18,19). The lowest BCUT2D eigenvalue weighted by Crippen LogP contribution is -2.16. The summed E-state index contributed by atoms with van der Waals surface area (Å²) in [6.45, 7) is 5.20. The van der Waals surface area contributed by atoms with Crippen molar-refractivity contribution in [3.63, 3.8) is 0 Å². The fourth-order valence-electron chi connectivity index (χ4n) is 2.59. The van der Waals surface area contributed by atoms with Gasteiger partial charge in [0, 0.05) is 17.7 Å². The number of nitrogens with two attached hydrogens (primary N) is 1. The summed E-state index contributed by atoms with van der Waals surface area (Å²) in [5.41, 5.74) is 11.7. The zero-order valence-electron chi connectivity index (χ0n) is 11.3. The Morgan fingerprint density at radius 2 is 2.05 bits per heavy atom. The van der Waals surface area contributed by atoms with Gasteiger partial charge in [-0.15, -0.1) is 0 Å². The minimum atomic E-state index is 0.337. The number of benzene rings is 1. The van der Waals surface area contributed by atoms with Gasteiger partial charge in [-0.05, 0) is 37.8 Å². The molecule has 0 aliphatic carbocycles. The molecule has 3 rings (SSSR count). The van der Waals surface area contributed by atoms with Crippen molar-refractivity contribution in [2.45, 2.75) is 26.7 Å². The van der Waals surface area contributed by atoms with Crippen molar-refractivity contribution in [3.05, 3.63) is 34.9 Å². The van der Waals surface area contributed by atoms with E-state index in [4.69, 9.17) is 5.73 Å². The van der Waals surface area contributed by atoms with Gasteiger partial charge in [0.15, 0.2) is 0 Å². The summed E-state index contributed by atoms with van der Waals surface area (Å²) in [4.78, 5) is 8.79. The van der Waals surface area contributed by atoms with Gasteiger partial charge in [-0.25, -0.2) is 4.98 Å². The largest absolute Gasteiger partial charge is 0.370 e. The Morgan fingerprint density at radius 1 is 1.21 bits per heavy atom. The van der Waals surface area contributed by atoms with Crippen LogP contribution < -0.4 is 11.1 Å². The highest BCUT2D eigenvalue weighted by Gasteiger charge is 2.19. The highest BCUT2D eigenvalue weighted by molar-refractivity contribution is 5.73. The van der Waals surface area contributed by atoms with Crippen molar-refractivity contribution in [2.75, 3.05) is 17.6 Å². The van der Waals surface area contributed by atoms with Gasteiger partial charge >= 0.3 is 0 Å². The fraction of sp³-hybridized carbons (Fsp3) is 0.333. The van der Waals surface area contributed by atoms with Gasteiger partial charge in [0.05, 0.1) is 5.69 Å². The average Bonchev–Trinajstić information content (AvgIpc) is 2.41. The third-order valence-electron chi connectivity index (χ3n) is 3.78. The summed E-state index contributed by atoms with van der Waals surface area (Å²) in [6, 6.07) is 6.30. The summed E-state index contributed by atoms with van der Waals surface area (Å²) in [5.74, 6) is 1.23. The van der Waals surface area contributed by atoms with Crippen LogP contribution in [0.5, 0.6) is 0 Å². The van der Waals surface area contributed by atoms with E-state index < -0.39 is 0 Å². The summed E-state index contributed by atoms with van der Waals surface area (Å²) in [7, 11) is 0. The normalized spacial score (nSPS) is 13.8. The number of fused-ring (bicyclic) bond motifs is 1. The van der Waals surface area contributed by atoms with Crippen LogP contribution in [0, 0.1) is 13.8 Å². The highest BCUT2D eigenvalue weighted by Crippen LogP contribution is 2.33. The summed E-state index contributed by atoms with van der Waals surface area (Å²) >= 11 is 0. The van der Waals surface area contributed by atoms with E-state index in [0.717, 1.165) is 36.5 Å². The molecule has 19 heavy (non-hydrogen) atoms. The molecule has 0 bridgehead atoms. The number of aryl methyl sites for hydroxylation is 1. The van der Waals surface area contributed by atoms with Crippen LogP contribution in [-0.2, 0) is 6.42 Å². The molecule has 0 spiro atoms. The van der Waals surface area contributed by atoms with Crippen molar-refractivity contribution in [1.29, 1.82) is 0 Å². The molecular formula is C15H18N4. The zero-order chi connectivity index (χ0) is 13.4. The van der Waals surface area contributed by atoms with Crippen LogP contribution >= 0.6 is 0 Å². The van der Waals surface area contributed by atoms with E-state index in [-0.39, 0.29) is 0 Å². The number of nitrogen functional groups attached to an aromatic ring is 1. The van der Waals surface area contributed by atoms with Gasteiger partial charge in [0.1, 0.15) is 5.82 Å². The number of nitrogens with one attached hydrogen (secondary N) is 1. The minimum Gasteiger partial charge on any atom is -0.370 e. The van der Waals surface area contributed by atoms with E-state index >= 15 is 0 Å². The first kappa shape index (κ1) is 12.0. The van der Waals surface area contributed by atoms with Gasteiger partial charge in [0.2, 0.25) is 5.95 Å². The molecule has 98 valence electrons. The number of hydrogen-bond donors (Lipinski definition) is 2. The second-order valence-electron chi connectivity index (χ2n) is 5.04. The Labute approximate surface area is 113 Å². The maximum Gasteiger partial charge on any atom is 0.222 e. The Kier molecular flexibility index (Phi) is 2.85. The van der Waals surface area contributed by atoms with E-state index in [1.54, 1.807) is 0 Å². The molecule has 2 heterocycles. The van der Waals surface area contributed by atoms with Crippen LogP contribution in [0.3, 0.4) is 0 Å². The quantitative estimate of drug-likeness (QED) is 0.821. The van der Waals surface area contributed by atoms with E-state index in [9.17, 15) is 0 Å². The van der Waals surface area contributed by atoms with Crippen LogP contribution in [0.1, 0.15) is 23.1 Å². The average molecular weight is 254 g/mol.